The number of aromatic amines is 1. The third-order valence-electron chi connectivity index (χ3n) is 3.10. The van der Waals surface area contributed by atoms with E-state index in [-0.39, 0.29) is 24.4 Å². The minimum Gasteiger partial charge on any atom is -0.354 e. The van der Waals surface area contributed by atoms with Gasteiger partial charge in [0.15, 0.2) is 0 Å². The van der Waals surface area contributed by atoms with E-state index >= 15 is 0 Å². The van der Waals surface area contributed by atoms with Crippen LogP contribution in [0.4, 0.5) is 0 Å². The molecule has 1 aliphatic carbocycles. The van der Waals surface area contributed by atoms with Crippen LogP contribution in [-0.2, 0) is 0 Å². The molecule has 4 nitrogen and oxygen atoms in total. The Morgan fingerprint density at radius 2 is 2.24 bits per heavy atom. The van der Waals surface area contributed by atoms with E-state index in [1.165, 1.54) is 12.8 Å². The van der Waals surface area contributed by atoms with E-state index in [1.807, 2.05) is 19.9 Å². The second kappa shape index (κ2) is 5.56. The number of carbonyl (C=O) groups is 1. The molecule has 17 heavy (non-hydrogen) atoms. The van der Waals surface area contributed by atoms with Gasteiger partial charge in [0, 0.05) is 18.3 Å². The zero-order valence-corrected chi connectivity index (χ0v) is 11.1. The van der Waals surface area contributed by atoms with E-state index < -0.39 is 0 Å². The van der Waals surface area contributed by atoms with Crippen molar-refractivity contribution >= 4 is 18.3 Å². The summed E-state index contributed by atoms with van der Waals surface area (Å²) in [7, 11) is 0. The number of aromatic nitrogens is 1. The summed E-state index contributed by atoms with van der Waals surface area (Å²) < 4.78 is 0. The highest BCUT2D eigenvalue weighted by molar-refractivity contribution is 5.94. The van der Waals surface area contributed by atoms with Gasteiger partial charge in [-0.2, -0.15) is 0 Å². The quantitative estimate of drug-likeness (QED) is 0.765. The summed E-state index contributed by atoms with van der Waals surface area (Å²) in [6.07, 6.45) is 2.41. The molecule has 1 aromatic rings. The summed E-state index contributed by atoms with van der Waals surface area (Å²) in [4.78, 5) is 14.9. The van der Waals surface area contributed by atoms with Gasteiger partial charge in [0.2, 0.25) is 0 Å². The Morgan fingerprint density at radius 3 is 2.71 bits per heavy atom. The van der Waals surface area contributed by atoms with Crippen LogP contribution < -0.4 is 11.1 Å². The Labute approximate surface area is 108 Å². The van der Waals surface area contributed by atoms with Crippen LogP contribution in [0.3, 0.4) is 0 Å². The Morgan fingerprint density at radius 1 is 1.59 bits per heavy atom. The van der Waals surface area contributed by atoms with Crippen molar-refractivity contribution in [3.63, 3.8) is 0 Å². The first-order valence-corrected chi connectivity index (χ1v) is 5.78. The Balaban J connectivity index is 0.00000144. The highest BCUT2D eigenvalue weighted by Gasteiger charge is 2.28. The summed E-state index contributed by atoms with van der Waals surface area (Å²) in [6.45, 7) is 4.44. The fourth-order valence-corrected chi connectivity index (χ4v) is 1.95. The van der Waals surface area contributed by atoms with Crippen molar-refractivity contribution in [2.45, 2.75) is 32.7 Å². The number of halogens is 1. The third kappa shape index (κ3) is 3.48. The molecule has 1 fully saturated rings. The molecular formula is C12H20ClN3O. The van der Waals surface area contributed by atoms with Crippen molar-refractivity contribution in [1.29, 1.82) is 0 Å². The summed E-state index contributed by atoms with van der Waals surface area (Å²) in [6, 6.07) is 2.08. The fraction of sp³-hybridized carbons (Fsp3) is 0.583. The van der Waals surface area contributed by atoms with Crippen LogP contribution in [0.5, 0.6) is 0 Å². The molecular weight excluding hydrogens is 238 g/mol. The van der Waals surface area contributed by atoms with Crippen LogP contribution >= 0.6 is 12.4 Å². The van der Waals surface area contributed by atoms with Crippen molar-refractivity contribution in [1.82, 2.24) is 10.3 Å². The number of carbonyl (C=O) groups excluding carboxylic acids is 1. The molecule has 1 atom stereocenters. The van der Waals surface area contributed by atoms with E-state index in [9.17, 15) is 4.79 Å². The normalized spacial score (nSPS) is 16.2. The number of aryl methyl sites for hydroxylation is 2. The lowest BCUT2D eigenvalue weighted by atomic mass is 10.2. The molecule has 0 radical (unpaired) electrons. The van der Waals surface area contributed by atoms with Gasteiger partial charge in [0.05, 0.1) is 0 Å². The van der Waals surface area contributed by atoms with E-state index in [0.29, 0.717) is 18.2 Å². The topological polar surface area (TPSA) is 70.9 Å². The Bertz CT molecular complexity index is 398. The molecule has 1 heterocycles. The average molecular weight is 258 g/mol. The number of nitrogens with one attached hydrogen (secondary N) is 2. The van der Waals surface area contributed by atoms with Gasteiger partial charge < -0.3 is 16.0 Å². The lowest BCUT2D eigenvalue weighted by Crippen LogP contribution is -2.38. The van der Waals surface area contributed by atoms with Gasteiger partial charge in [-0.25, -0.2) is 0 Å². The molecule has 0 bridgehead atoms. The largest absolute Gasteiger partial charge is 0.354 e. The lowest BCUT2D eigenvalue weighted by Gasteiger charge is -2.11. The molecule has 0 saturated heterocycles. The maximum absolute atomic E-state index is 11.8. The van der Waals surface area contributed by atoms with Crippen molar-refractivity contribution in [2.24, 2.45) is 11.7 Å². The second-order valence-electron chi connectivity index (χ2n) is 4.72. The van der Waals surface area contributed by atoms with Crippen molar-refractivity contribution < 1.29 is 4.79 Å². The molecule has 4 N–H and O–H groups in total. The van der Waals surface area contributed by atoms with Gasteiger partial charge in [-0.1, -0.05) is 0 Å². The molecule has 1 saturated carbocycles. The Hall–Kier alpha value is -1.00. The SMILES string of the molecule is Cc1cc(C)c(C(=O)NCC(N)C2CC2)[nH]1.Cl. The second-order valence-corrected chi connectivity index (χ2v) is 4.72. The molecule has 1 amide bonds. The smallest absolute Gasteiger partial charge is 0.268 e. The van der Waals surface area contributed by atoms with Crippen molar-refractivity contribution in [2.75, 3.05) is 6.54 Å². The monoisotopic (exact) mass is 257 g/mol. The number of nitrogens with two attached hydrogens (primary N) is 1. The van der Waals surface area contributed by atoms with Crippen LogP contribution in [0.2, 0.25) is 0 Å². The van der Waals surface area contributed by atoms with Crippen LogP contribution in [0, 0.1) is 19.8 Å². The summed E-state index contributed by atoms with van der Waals surface area (Å²) in [5.74, 6) is 0.563. The van der Waals surface area contributed by atoms with Gasteiger partial charge in [-0.3, -0.25) is 4.79 Å². The first-order valence-electron chi connectivity index (χ1n) is 5.78. The molecule has 2 rings (SSSR count). The highest BCUT2D eigenvalue weighted by atomic mass is 35.5. The predicted octanol–water partition coefficient (Wildman–Crippen LogP) is 1.52. The van der Waals surface area contributed by atoms with E-state index in [0.717, 1.165) is 11.3 Å². The lowest BCUT2D eigenvalue weighted by molar-refractivity contribution is 0.0945. The first kappa shape index (κ1) is 14.1. The van der Waals surface area contributed by atoms with Crippen LogP contribution in [-0.4, -0.2) is 23.5 Å². The standard InChI is InChI=1S/C12H19N3O.ClH/c1-7-5-8(2)15-11(7)12(16)14-6-10(13)9-3-4-9;/h5,9-10,15H,3-4,6,13H2,1-2H3,(H,14,16);1H. The molecule has 1 aromatic heterocycles. The highest BCUT2D eigenvalue weighted by Crippen LogP contribution is 2.31. The maximum Gasteiger partial charge on any atom is 0.268 e. The zero-order valence-electron chi connectivity index (χ0n) is 10.2. The van der Waals surface area contributed by atoms with E-state index in [1.54, 1.807) is 0 Å². The molecule has 1 aliphatic rings. The van der Waals surface area contributed by atoms with Gasteiger partial charge in [-0.05, 0) is 44.2 Å². The molecule has 0 aliphatic heterocycles. The predicted molar refractivity (Wildman–Crippen MR) is 70.5 cm³/mol. The summed E-state index contributed by atoms with van der Waals surface area (Å²) in [5, 5.41) is 2.88. The summed E-state index contributed by atoms with van der Waals surface area (Å²) in [5.41, 5.74) is 8.57. The van der Waals surface area contributed by atoms with Crippen molar-refractivity contribution in [3.8, 4) is 0 Å². The van der Waals surface area contributed by atoms with E-state index in [4.69, 9.17) is 5.73 Å². The van der Waals surface area contributed by atoms with E-state index in [2.05, 4.69) is 10.3 Å². The Kier molecular flexibility index (Phi) is 4.60. The van der Waals surface area contributed by atoms with Gasteiger partial charge in [0.1, 0.15) is 5.69 Å². The third-order valence-corrected chi connectivity index (χ3v) is 3.10. The molecule has 96 valence electrons. The van der Waals surface area contributed by atoms with Crippen LogP contribution in [0.25, 0.3) is 0 Å². The minimum atomic E-state index is -0.0540. The van der Waals surface area contributed by atoms with Crippen molar-refractivity contribution in [3.05, 3.63) is 23.0 Å². The zero-order chi connectivity index (χ0) is 11.7. The van der Waals surface area contributed by atoms with Crippen LogP contribution in [0.15, 0.2) is 6.07 Å². The number of rotatable bonds is 4. The van der Waals surface area contributed by atoms with Gasteiger partial charge in [-0.15, -0.1) is 12.4 Å². The van der Waals surface area contributed by atoms with Gasteiger partial charge >= 0.3 is 0 Å². The minimum absolute atomic E-state index is 0. The summed E-state index contributed by atoms with van der Waals surface area (Å²) >= 11 is 0. The maximum atomic E-state index is 11.8. The molecule has 0 aromatic carbocycles. The fourth-order valence-electron chi connectivity index (χ4n) is 1.95. The molecule has 0 spiro atoms. The van der Waals surface area contributed by atoms with Crippen LogP contribution in [0.1, 0.15) is 34.6 Å². The number of amides is 1. The molecule has 1 unspecified atom stereocenters. The number of hydrogen-bond acceptors (Lipinski definition) is 2. The average Bonchev–Trinajstić information content (AvgIpc) is 3.01. The number of H-pyrrole nitrogens is 1. The first-order chi connectivity index (χ1) is 7.58. The van der Waals surface area contributed by atoms with Gasteiger partial charge in [0.25, 0.3) is 5.91 Å². The number of hydrogen-bond donors (Lipinski definition) is 3. The molecule has 5 heteroatoms.